The summed E-state index contributed by atoms with van der Waals surface area (Å²) in [4.78, 5) is 24.4. The summed E-state index contributed by atoms with van der Waals surface area (Å²) in [5, 5.41) is 4.40. The van der Waals surface area contributed by atoms with E-state index in [0.717, 1.165) is 27.7 Å². The monoisotopic (exact) mass is 385 g/mol. The number of halogens is 1. The number of rotatable bonds is 6. The topological polar surface area (TPSA) is 68.5 Å². The smallest absolute Gasteiger partial charge is 0.307 e. The first kappa shape index (κ1) is 19.0. The number of benzene rings is 2. The summed E-state index contributed by atoms with van der Waals surface area (Å²) in [7, 11) is 1.32. The summed E-state index contributed by atoms with van der Waals surface area (Å²) in [5.74, 6) is -0.610. The molecule has 0 aliphatic rings. The van der Waals surface area contributed by atoms with Crippen LogP contribution in [0.25, 0.3) is 11.0 Å². The number of methoxy groups -OCH3 is 1. The Balaban J connectivity index is 1.76. The van der Waals surface area contributed by atoms with Crippen LogP contribution in [0.15, 0.2) is 53.1 Å². The third-order valence-electron chi connectivity index (χ3n) is 4.37. The van der Waals surface area contributed by atoms with Crippen LogP contribution in [0.4, 0.5) is 0 Å². The van der Waals surface area contributed by atoms with Crippen molar-refractivity contribution in [2.45, 2.75) is 25.8 Å². The molecule has 0 fully saturated rings. The van der Waals surface area contributed by atoms with Crippen molar-refractivity contribution in [3.8, 4) is 0 Å². The van der Waals surface area contributed by atoms with Gasteiger partial charge in [-0.15, -0.1) is 0 Å². The van der Waals surface area contributed by atoms with E-state index in [0.29, 0.717) is 5.02 Å². The number of carbonyl (C=O) groups excluding carboxylic acids is 2. The minimum Gasteiger partial charge on any atom is -0.469 e. The van der Waals surface area contributed by atoms with Crippen LogP contribution in [-0.2, 0) is 20.7 Å². The number of nitrogens with one attached hydrogen (secondary N) is 1. The van der Waals surface area contributed by atoms with Gasteiger partial charge in [-0.3, -0.25) is 9.59 Å². The Morgan fingerprint density at radius 3 is 2.63 bits per heavy atom. The zero-order valence-electron chi connectivity index (χ0n) is 15.1. The van der Waals surface area contributed by atoms with E-state index >= 15 is 0 Å². The van der Waals surface area contributed by atoms with Gasteiger partial charge in [0.1, 0.15) is 5.58 Å². The average molecular weight is 386 g/mol. The predicted molar refractivity (Wildman–Crippen MR) is 104 cm³/mol. The first-order chi connectivity index (χ1) is 13.0. The van der Waals surface area contributed by atoms with Gasteiger partial charge in [-0.2, -0.15) is 0 Å². The largest absolute Gasteiger partial charge is 0.469 e. The zero-order valence-corrected chi connectivity index (χ0v) is 15.9. The Morgan fingerprint density at radius 2 is 1.93 bits per heavy atom. The summed E-state index contributed by atoms with van der Waals surface area (Å²) in [5.41, 5.74) is 3.43. The molecule has 0 aliphatic carbocycles. The number of hydrogen-bond acceptors (Lipinski definition) is 4. The quantitative estimate of drug-likeness (QED) is 0.640. The fourth-order valence-corrected chi connectivity index (χ4v) is 3.07. The molecule has 2 aromatic carbocycles. The second-order valence-electron chi connectivity index (χ2n) is 6.39. The molecule has 0 radical (unpaired) electrons. The molecule has 1 atom stereocenters. The Bertz CT molecular complexity index is 962. The number of amides is 1. The highest BCUT2D eigenvalue weighted by molar-refractivity contribution is 6.30. The van der Waals surface area contributed by atoms with Crippen LogP contribution in [-0.4, -0.2) is 19.0 Å². The maximum Gasteiger partial charge on any atom is 0.307 e. The SMILES string of the molecule is COC(=O)CC(NC(=O)Cc1coc2cc(C)ccc12)c1ccc(Cl)cc1. The molecule has 1 N–H and O–H groups in total. The highest BCUT2D eigenvalue weighted by atomic mass is 35.5. The molecule has 5 nitrogen and oxygen atoms in total. The molecule has 140 valence electrons. The minimum atomic E-state index is -0.498. The summed E-state index contributed by atoms with van der Waals surface area (Å²) in [6, 6.07) is 12.4. The molecule has 0 saturated heterocycles. The summed E-state index contributed by atoms with van der Waals surface area (Å²) in [6.45, 7) is 1.98. The van der Waals surface area contributed by atoms with Gasteiger partial charge >= 0.3 is 5.97 Å². The molecule has 3 rings (SSSR count). The molecule has 0 spiro atoms. The van der Waals surface area contributed by atoms with Crippen LogP contribution < -0.4 is 5.32 Å². The lowest BCUT2D eigenvalue weighted by Crippen LogP contribution is -2.31. The predicted octanol–water partition coefficient (Wildman–Crippen LogP) is 4.36. The van der Waals surface area contributed by atoms with Crippen molar-refractivity contribution in [2.24, 2.45) is 0 Å². The first-order valence-electron chi connectivity index (χ1n) is 8.54. The molecule has 6 heteroatoms. The third-order valence-corrected chi connectivity index (χ3v) is 4.62. The first-order valence-corrected chi connectivity index (χ1v) is 8.92. The number of carbonyl (C=O) groups is 2. The van der Waals surface area contributed by atoms with Crippen molar-refractivity contribution < 1.29 is 18.7 Å². The van der Waals surface area contributed by atoms with Crippen LogP contribution >= 0.6 is 11.6 Å². The van der Waals surface area contributed by atoms with Gasteiger partial charge in [0, 0.05) is 16.0 Å². The molecule has 27 heavy (non-hydrogen) atoms. The van der Waals surface area contributed by atoms with Crippen LogP contribution in [0.3, 0.4) is 0 Å². The maximum absolute atomic E-state index is 12.6. The molecule has 1 heterocycles. The van der Waals surface area contributed by atoms with Gasteiger partial charge < -0.3 is 14.5 Å². The molecule has 0 bridgehead atoms. The standard InChI is InChI=1S/C21H20ClNO4/c1-13-3-8-17-15(12-27-19(17)9-13)10-20(24)23-18(11-21(25)26-2)14-4-6-16(22)7-5-14/h3-9,12,18H,10-11H2,1-2H3,(H,23,24). The molecular weight excluding hydrogens is 366 g/mol. The van der Waals surface area contributed by atoms with E-state index in [1.54, 1.807) is 30.5 Å². The lowest BCUT2D eigenvalue weighted by atomic mass is 10.0. The Kier molecular flexibility index (Phi) is 5.81. The number of furan rings is 1. The van der Waals surface area contributed by atoms with E-state index in [-0.39, 0.29) is 18.7 Å². The lowest BCUT2D eigenvalue weighted by molar-refractivity contribution is -0.141. The van der Waals surface area contributed by atoms with Crippen molar-refractivity contribution in [1.82, 2.24) is 5.32 Å². The second-order valence-corrected chi connectivity index (χ2v) is 6.83. The van der Waals surface area contributed by atoms with Gasteiger partial charge in [-0.25, -0.2) is 0 Å². The van der Waals surface area contributed by atoms with Gasteiger partial charge in [0.15, 0.2) is 0 Å². The van der Waals surface area contributed by atoms with Crippen LogP contribution in [0.2, 0.25) is 5.02 Å². The highest BCUT2D eigenvalue weighted by Gasteiger charge is 2.20. The Hall–Kier alpha value is -2.79. The number of ether oxygens (including phenoxy) is 1. The van der Waals surface area contributed by atoms with Crippen molar-refractivity contribution in [3.63, 3.8) is 0 Å². The molecule has 0 aliphatic heterocycles. The number of esters is 1. The Morgan fingerprint density at radius 1 is 1.19 bits per heavy atom. The molecule has 3 aromatic rings. The highest BCUT2D eigenvalue weighted by Crippen LogP contribution is 2.24. The van der Waals surface area contributed by atoms with Crippen molar-refractivity contribution in [2.75, 3.05) is 7.11 Å². The van der Waals surface area contributed by atoms with E-state index < -0.39 is 12.0 Å². The number of aryl methyl sites for hydroxylation is 1. The molecule has 1 amide bonds. The molecule has 1 aromatic heterocycles. The van der Waals surface area contributed by atoms with Gasteiger partial charge in [0.2, 0.25) is 5.91 Å². The van der Waals surface area contributed by atoms with Gasteiger partial charge in [-0.05, 0) is 36.2 Å². The van der Waals surface area contributed by atoms with E-state index in [9.17, 15) is 9.59 Å². The number of fused-ring (bicyclic) bond motifs is 1. The molecule has 1 unspecified atom stereocenters. The summed E-state index contributed by atoms with van der Waals surface area (Å²) < 4.78 is 10.3. The normalized spacial score (nSPS) is 12.0. The van der Waals surface area contributed by atoms with Crippen LogP contribution in [0, 0.1) is 6.92 Å². The Labute approximate surface area is 162 Å². The average Bonchev–Trinajstić information content (AvgIpc) is 3.03. The lowest BCUT2D eigenvalue weighted by Gasteiger charge is -2.18. The van der Waals surface area contributed by atoms with Gasteiger partial charge in [0.25, 0.3) is 0 Å². The zero-order chi connectivity index (χ0) is 19.4. The van der Waals surface area contributed by atoms with E-state index in [1.165, 1.54) is 7.11 Å². The molecular formula is C21H20ClNO4. The fraction of sp³-hybridized carbons (Fsp3) is 0.238. The van der Waals surface area contributed by atoms with E-state index in [4.69, 9.17) is 20.8 Å². The van der Waals surface area contributed by atoms with E-state index in [1.807, 2.05) is 25.1 Å². The van der Waals surface area contributed by atoms with Gasteiger partial charge in [-0.1, -0.05) is 35.9 Å². The minimum absolute atomic E-state index is 0.0369. The van der Waals surface area contributed by atoms with Crippen molar-refractivity contribution in [3.05, 3.63) is 70.4 Å². The summed E-state index contributed by atoms with van der Waals surface area (Å²) >= 11 is 5.93. The van der Waals surface area contributed by atoms with Crippen LogP contribution in [0.5, 0.6) is 0 Å². The van der Waals surface area contributed by atoms with Crippen molar-refractivity contribution in [1.29, 1.82) is 0 Å². The van der Waals surface area contributed by atoms with Gasteiger partial charge in [0.05, 0.1) is 32.3 Å². The fourth-order valence-electron chi connectivity index (χ4n) is 2.94. The van der Waals surface area contributed by atoms with Crippen molar-refractivity contribution >= 4 is 34.4 Å². The van der Waals surface area contributed by atoms with E-state index in [2.05, 4.69) is 5.32 Å². The van der Waals surface area contributed by atoms with Crippen LogP contribution in [0.1, 0.15) is 29.2 Å². The number of hydrogen-bond donors (Lipinski definition) is 1. The molecule has 0 saturated carbocycles. The summed E-state index contributed by atoms with van der Waals surface area (Å²) in [6.07, 6.45) is 1.79. The third kappa shape index (κ3) is 4.68. The maximum atomic E-state index is 12.6. The second kappa shape index (κ2) is 8.27.